The summed E-state index contributed by atoms with van der Waals surface area (Å²) in [4.78, 5) is 11.7. The summed E-state index contributed by atoms with van der Waals surface area (Å²) in [5, 5.41) is 4.00. The second kappa shape index (κ2) is 9.18. The third-order valence-corrected chi connectivity index (χ3v) is 4.11. The quantitative estimate of drug-likeness (QED) is 0.581. The summed E-state index contributed by atoms with van der Waals surface area (Å²) in [6.07, 6.45) is 2.42. The molecule has 1 atom stereocenters. The zero-order valence-electron chi connectivity index (χ0n) is 14.1. The van der Waals surface area contributed by atoms with Gasteiger partial charge in [-0.2, -0.15) is 5.10 Å². The Bertz CT molecular complexity index is 748. The Balaban J connectivity index is 1.81. The largest absolute Gasteiger partial charge is 0.484 e. The average Bonchev–Trinajstić information content (AvgIpc) is 2.61. The normalized spacial score (nSPS) is 12.2. The van der Waals surface area contributed by atoms with Gasteiger partial charge in [-0.15, -0.1) is 0 Å². The molecule has 0 aliphatic carbocycles. The number of hydrogen-bond acceptors (Lipinski definition) is 3. The minimum Gasteiger partial charge on any atom is -0.484 e. The van der Waals surface area contributed by atoms with Crippen molar-refractivity contribution >= 4 is 23.7 Å². The summed E-state index contributed by atoms with van der Waals surface area (Å²) in [5.74, 6) is 0.275. The van der Waals surface area contributed by atoms with Crippen LogP contribution < -0.4 is 10.2 Å². The Labute approximate surface area is 151 Å². The van der Waals surface area contributed by atoms with Crippen LogP contribution in [0.3, 0.4) is 0 Å². The molecule has 2 rings (SSSR count). The van der Waals surface area contributed by atoms with Gasteiger partial charge in [0, 0.05) is 5.56 Å². The average molecular weight is 363 g/mol. The fourth-order valence-corrected chi connectivity index (χ4v) is 2.31. The lowest BCUT2D eigenvalue weighted by Crippen LogP contribution is -2.24. The summed E-state index contributed by atoms with van der Waals surface area (Å²) in [6.45, 7) is 4.14. The first-order valence-electron chi connectivity index (χ1n) is 7.99. The summed E-state index contributed by atoms with van der Waals surface area (Å²) >= 11 is 5.86. The lowest BCUT2D eigenvalue weighted by molar-refractivity contribution is -0.123. The van der Waals surface area contributed by atoms with Gasteiger partial charge in [-0.25, -0.2) is 9.82 Å². The maximum atomic E-state index is 12.9. The summed E-state index contributed by atoms with van der Waals surface area (Å²) in [5.41, 5.74) is 4.08. The van der Waals surface area contributed by atoms with Crippen LogP contribution in [0.1, 0.15) is 37.3 Å². The van der Waals surface area contributed by atoms with Gasteiger partial charge in [0.15, 0.2) is 6.61 Å². The van der Waals surface area contributed by atoms with Crippen LogP contribution in [-0.4, -0.2) is 18.7 Å². The van der Waals surface area contributed by atoms with Gasteiger partial charge < -0.3 is 4.74 Å². The number of hydrogen-bond donors (Lipinski definition) is 1. The van der Waals surface area contributed by atoms with Crippen molar-refractivity contribution in [3.05, 3.63) is 64.4 Å². The number of carbonyl (C=O) groups excluding carboxylic acids is 1. The van der Waals surface area contributed by atoms with Crippen LogP contribution in [0.15, 0.2) is 47.6 Å². The molecule has 0 aliphatic heterocycles. The van der Waals surface area contributed by atoms with Gasteiger partial charge in [0.25, 0.3) is 5.91 Å². The predicted octanol–water partition coefficient (Wildman–Crippen LogP) is 4.52. The van der Waals surface area contributed by atoms with Crippen molar-refractivity contribution in [2.45, 2.75) is 26.2 Å². The van der Waals surface area contributed by atoms with Crippen molar-refractivity contribution in [1.29, 1.82) is 0 Å². The molecule has 1 unspecified atom stereocenters. The van der Waals surface area contributed by atoms with Gasteiger partial charge in [-0.05, 0) is 48.2 Å². The molecule has 0 spiro atoms. The van der Waals surface area contributed by atoms with Crippen LogP contribution in [0.25, 0.3) is 0 Å². The van der Waals surface area contributed by atoms with Gasteiger partial charge in [0.2, 0.25) is 0 Å². The molecule has 0 saturated heterocycles. The lowest BCUT2D eigenvalue weighted by Gasteiger charge is -2.10. The molecule has 0 heterocycles. The van der Waals surface area contributed by atoms with Gasteiger partial charge in [0.1, 0.15) is 11.6 Å². The van der Waals surface area contributed by atoms with Gasteiger partial charge in [-0.1, -0.05) is 37.6 Å². The maximum Gasteiger partial charge on any atom is 0.277 e. The molecule has 0 aromatic heterocycles. The molecule has 0 saturated carbocycles. The van der Waals surface area contributed by atoms with E-state index in [0.29, 0.717) is 17.2 Å². The molecular formula is C19H20ClFN2O2. The smallest absolute Gasteiger partial charge is 0.277 e. The van der Waals surface area contributed by atoms with E-state index in [0.717, 1.165) is 6.42 Å². The number of carbonyl (C=O) groups is 1. The Kier molecular flexibility index (Phi) is 6.95. The van der Waals surface area contributed by atoms with Crippen molar-refractivity contribution in [2.75, 3.05) is 6.61 Å². The van der Waals surface area contributed by atoms with Crippen molar-refractivity contribution < 1.29 is 13.9 Å². The highest BCUT2D eigenvalue weighted by atomic mass is 35.5. The maximum absolute atomic E-state index is 12.9. The zero-order valence-corrected chi connectivity index (χ0v) is 14.9. The number of halogens is 2. The molecule has 1 N–H and O–H groups in total. The van der Waals surface area contributed by atoms with Crippen LogP contribution in [0.4, 0.5) is 4.39 Å². The lowest BCUT2D eigenvalue weighted by atomic mass is 9.99. The number of benzene rings is 2. The van der Waals surface area contributed by atoms with Crippen molar-refractivity contribution in [3.8, 4) is 5.75 Å². The molecule has 6 heteroatoms. The number of hydrazone groups is 1. The Morgan fingerprint density at radius 1 is 1.32 bits per heavy atom. The summed E-state index contributed by atoms with van der Waals surface area (Å²) < 4.78 is 18.4. The molecule has 1 amide bonds. The third kappa shape index (κ3) is 5.87. The van der Waals surface area contributed by atoms with Crippen LogP contribution >= 0.6 is 11.6 Å². The van der Waals surface area contributed by atoms with E-state index >= 15 is 0 Å². The molecule has 0 bridgehead atoms. The molecule has 132 valence electrons. The number of ether oxygens (including phenoxy) is 1. The zero-order chi connectivity index (χ0) is 18.2. The van der Waals surface area contributed by atoms with Crippen molar-refractivity contribution in [3.63, 3.8) is 0 Å². The highest BCUT2D eigenvalue weighted by Gasteiger charge is 2.05. The highest BCUT2D eigenvalue weighted by molar-refractivity contribution is 6.33. The topological polar surface area (TPSA) is 50.7 Å². The monoisotopic (exact) mass is 362 g/mol. The van der Waals surface area contributed by atoms with E-state index in [1.165, 1.54) is 30.0 Å². The van der Waals surface area contributed by atoms with E-state index in [9.17, 15) is 9.18 Å². The van der Waals surface area contributed by atoms with Crippen molar-refractivity contribution in [2.24, 2.45) is 5.10 Å². The first-order chi connectivity index (χ1) is 12.0. The van der Waals surface area contributed by atoms with E-state index in [-0.39, 0.29) is 11.6 Å². The second-order valence-corrected chi connectivity index (χ2v) is 6.03. The summed E-state index contributed by atoms with van der Waals surface area (Å²) in [7, 11) is 0. The standard InChI is InChI=1S/C19H20ClFN2O2/c1-3-13(2)14-5-8-17(9-6-14)25-12-19(24)23-22-11-15-4-7-16(21)10-18(15)20/h4-11,13H,3,12H2,1-2H3,(H,23,24)/b22-11+. The number of amides is 1. The molecule has 2 aromatic rings. The molecule has 0 radical (unpaired) electrons. The van der Waals surface area contributed by atoms with E-state index in [1.54, 1.807) is 0 Å². The number of nitrogens with one attached hydrogen (secondary N) is 1. The Morgan fingerprint density at radius 2 is 2.04 bits per heavy atom. The van der Waals surface area contributed by atoms with Crippen LogP contribution in [0.2, 0.25) is 5.02 Å². The predicted molar refractivity (Wildman–Crippen MR) is 97.8 cm³/mol. The minimum atomic E-state index is -0.432. The first-order valence-corrected chi connectivity index (χ1v) is 8.37. The van der Waals surface area contributed by atoms with Gasteiger partial charge in [0.05, 0.1) is 11.2 Å². The van der Waals surface area contributed by atoms with Crippen molar-refractivity contribution in [1.82, 2.24) is 5.43 Å². The molecule has 2 aromatic carbocycles. The highest BCUT2D eigenvalue weighted by Crippen LogP contribution is 2.21. The summed E-state index contributed by atoms with van der Waals surface area (Å²) in [6, 6.07) is 11.6. The molecular weight excluding hydrogens is 343 g/mol. The second-order valence-electron chi connectivity index (χ2n) is 5.63. The van der Waals surface area contributed by atoms with E-state index < -0.39 is 11.7 Å². The molecule has 0 aliphatic rings. The van der Waals surface area contributed by atoms with Crippen LogP contribution in [-0.2, 0) is 4.79 Å². The third-order valence-electron chi connectivity index (χ3n) is 3.79. The van der Waals surface area contributed by atoms with Gasteiger partial charge in [-0.3, -0.25) is 4.79 Å². The molecule has 0 fully saturated rings. The molecule has 25 heavy (non-hydrogen) atoms. The fourth-order valence-electron chi connectivity index (χ4n) is 2.09. The SMILES string of the molecule is CCC(C)c1ccc(OCC(=O)N/N=C/c2ccc(F)cc2Cl)cc1. The Hall–Kier alpha value is -2.40. The first kappa shape index (κ1) is 18.9. The minimum absolute atomic E-state index is 0.156. The van der Waals surface area contributed by atoms with Gasteiger partial charge >= 0.3 is 0 Å². The van der Waals surface area contributed by atoms with E-state index in [1.807, 2.05) is 24.3 Å². The van der Waals surface area contributed by atoms with E-state index in [4.69, 9.17) is 16.3 Å². The van der Waals surface area contributed by atoms with Crippen LogP contribution in [0.5, 0.6) is 5.75 Å². The van der Waals surface area contributed by atoms with E-state index in [2.05, 4.69) is 24.4 Å². The number of rotatable bonds is 7. The fraction of sp³-hybridized carbons (Fsp3) is 0.263. The number of nitrogens with zero attached hydrogens (tertiary/aromatic N) is 1. The molecule has 4 nitrogen and oxygen atoms in total. The van der Waals surface area contributed by atoms with Crippen LogP contribution in [0, 0.1) is 5.82 Å². The Morgan fingerprint density at radius 3 is 2.68 bits per heavy atom.